The summed E-state index contributed by atoms with van der Waals surface area (Å²) in [6.07, 6.45) is 4.04. The van der Waals surface area contributed by atoms with E-state index < -0.39 is 0 Å². The van der Waals surface area contributed by atoms with Crippen molar-refractivity contribution in [2.75, 3.05) is 5.32 Å². The van der Waals surface area contributed by atoms with E-state index in [4.69, 9.17) is 4.74 Å². The lowest BCUT2D eigenvalue weighted by Gasteiger charge is -2.16. The molecule has 1 fully saturated rings. The van der Waals surface area contributed by atoms with Crippen molar-refractivity contribution in [1.82, 2.24) is 19.6 Å². The summed E-state index contributed by atoms with van der Waals surface area (Å²) in [5.74, 6) is 1.48. The van der Waals surface area contributed by atoms with E-state index in [0.29, 0.717) is 23.0 Å². The topological polar surface area (TPSA) is 101 Å². The highest BCUT2D eigenvalue weighted by Crippen LogP contribution is 2.32. The number of carbonyl (C=O) groups excluding carboxylic acids is 1. The number of para-hydroxylation sites is 1. The molecule has 2 aromatic heterocycles. The Labute approximate surface area is 190 Å². The van der Waals surface area contributed by atoms with E-state index in [0.717, 1.165) is 36.8 Å². The Morgan fingerprint density at radius 1 is 1.12 bits per heavy atom. The van der Waals surface area contributed by atoms with Gasteiger partial charge in [-0.3, -0.25) is 14.7 Å². The molecule has 0 bridgehead atoms. The first-order valence-corrected chi connectivity index (χ1v) is 11.2. The molecule has 0 spiro atoms. The van der Waals surface area contributed by atoms with Crippen LogP contribution in [0.5, 0.6) is 5.75 Å². The summed E-state index contributed by atoms with van der Waals surface area (Å²) in [6, 6.07) is 16.6. The van der Waals surface area contributed by atoms with E-state index in [1.807, 2.05) is 55.5 Å². The molecule has 1 amide bonds. The SMILES string of the molecule is Cc1cccc(OCc2cc(=O)n3[nH]c(-c4ccccc4)nc3n2)c1NC(=O)C1CCCC1. The monoisotopic (exact) mass is 443 g/mol. The Morgan fingerprint density at radius 2 is 1.91 bits per heavy atom. The van der Waals surface area contributed by atoms with E-state index in [9.17, 15) is 9.59 Å². The van der Waals surface area contributed by atoms with E-state index >= 15 is 0 Å². The Morgan fingerprint density at radius 3 is 2.70 bits per heavy atom. The molecule has 2 N–H and O–H groups in total. The summed E-state index contributed by atoms with van der Waals surface area (Å²) in [7, 11) is 0. The first-order chi connectivity index (χ1) is 16.1. The van der Waals surface area contributed by atoms with Gasteiger partial charge in [-0.2, -0.15) is 9.50 Å². The number of carbonyl (C=O) groups is 1. The number of nitrogens with one attached hydrogen (secondary N) is 2. The number of nitrogens with zero attached hydrogens (tertiary/aromatic N) is 3. The van der Waals surface area contributed by atoms with Gasteiger partial charge in [0.05, 0.1) is 11.4 Å². The molecule has 0 unspecified atom stereocenters. The third-order valence-electron chi connectivity index (χ3n) is 6.02. The first kappa shape index (κ1) is 20.9. The predicted octanol–water partition coefficient (Wildman–Crippen LogP) is 4.10. The number of aromatic nitrogens is 4. The van der Waals surface area contributed by atoms with Gasteiger partial charge in [0.15, 0.2) is 5.82 Å². The fourth-order valence-corrected chi connectivity index (χ4v) is 4.21. The molecule has 4 aromatic rings. The second kappa shape index (κ2) is 8.90. The maximum absolute atomic E-state index is 12.7. The maximum atomic E-state index is 12.7. The average Bonchev–Trinajstić information content (AvgIpc) is 3.51. The molecule has 1 aliphatic rings. The molecule has 8 nitrogen and oxygen atoms in total. The normalized spacial score (nSPS) is 14.0. The molecule has 0 saturated heterocycles. The van der Waals surface area contributed by atoms with Gasteiger partial charge in [0.2, 0.25) is 5.91 Å². The fraction of sp³-hybridized carbons (Fsp3) is 0.280. The highest BCUT2D eigenvalue weighted by atomic mass is 16.5. The van der Waals surface area contributed by atoms with Crippen molar-refractivity contribution in [1.29, 1.82) is 0 Å². The molecular weight excluding hydrogens is 418 g/mol. The van der Waals surface area contributed by atoms with Gasteiger partial charge in [-0.15, -0.1) is 0 Å². The van der Waals surface area contributed by atoms with E-state index in [2.05, 4.69) is 20.4 Å². The Bertz CT molecular complexity index is 1350. The van der Waals surface area contributed by atoms with Crippen molar-refractivity contribution in [3.8, 4) is 17.1 Å². The van der Waals surface area contributed by atoms with Crippen LogP contribution in [0.4, 0.5) is 5.69 Å². The predicted molar refractivity (Wildman–Crippen MR) is 125 cm³/mol. The standard InChI is InChI=1S/C25H25N5O3/c1-16-8-7-13-20(22(16)27-24(32)18-11-5-6-12-18)33-15-19-14-21(31)30-25(26-19)28-23(29-30)17-9-3-2-4-10-17/h2-4,7-10,13-14,18H,5-6,11-12,15H2,1H3,(H,27,32)(H,26,28,29). The Balaban J connectivity index is 1.37. The molecular formula is C25H25N5O3. The van der Waals surface area contributed by atoms with Crippen molar-refractivity contribution >= 4 is 17.4 Å². The number of hydrogen-bond acceptors (Lipinski definition) is 5. The smallest absolute Gasteiger partial charge is 0.274 e. The van der Waals surface area contributed by atoms with Crippen molar-refractivity contribution in [2.24, 2.45) is 5.92 Å². The van der Waals surface area contributed by atoms with Crippen molar-refractivity contribution in [3.05, 3.63) is 76.2 Å². The quantitative estimate of drug-likeness (QED) is 0.467. The van der Waals surface area contributed by atoms with Crippen LogP contribution >= 0.6 is 0 Å². The second-order valence-corrected chi connectivity index (χ2v) is 8.37. The van der Waals surface area contributed by atoms with Crippen molar-refractivity contribution < 1.29 is 9.53 Å². The van der Waals surface area contributed by atoms with Crippen LogP contribution in [-0.4, -0.2) is 25.5 Å². The Kier molecular flexibility index (Phi) is 5.64. The first-order valence-electron chi connectivity index (χ1n) is 11.2. The molecule has 168 valence electrons. The van der Waals surface area contributed by atoms with Gasteiger partial charge in [0.25, 0.3) is 11.3 Å². The molecule has 5 rings (SSSR count). The van der Waals surface area contributed by atoms with Gasteiger partial charge in [0, 0.05) is 17.5 Å². The number of anilines is 1. The molecule has 0 atom stereocenters. The summed E-state index contributed by atoms with van der Waals surface area (Å²) in [5, 5.41) is 6.04. The maximum Gasteiger partial charge on any atom is 0.274 e. The number of rotatable bonds is 6. The van der Waals surface area contributed by atoms with E-state index in [1.54, 1.807) is 0 Å². The number of aromatic amines is 1. The summed E-state index contributed by atoms with van der Waals surface area (Å²) < 4.78 is 7.31. The number of amides is 1. The highest BCUT2D eigenvalue weighted by Gasteiger charge is 2.24. The van der Waals surface area contributed by atoms with Crippen LogP contribution in [0.15, 0.2) is 59.4 Å². The van der Waals surface area contributed by atoms with E-state index in [-0.39, 0.29) is 29.8 Å². The minimum atomic E-state index is -0.271. The number of aryl methyl sites for hydroxylation is 1. The lowest BCUT2D eigenvalue weighted by Crippen LogP contribution is -2.21. The van der Waals surface area contributed by atoms with Gasteiger partial charge in [-0.05, 0) is 31.4 Å². The van der Waals surface area contributed by atoms with E-state index in [1.165, 1.54) is 10.6 Å². The van der Waals surface area contributed by atoms with Crippen molar-refractivity contribution in [3.63, 3.8) is 0 Å². The van der Waals surface area contributed by atoms with Crippen LogP contribution in [0, 0.1) is 12.8 Å². The molecule has 2 aromatic carbocycles. The van der Waals surface area contributed by atoms with Crippen molar-refractivity contribution in [2.45, 2.75) is 39.2 Å². The van der Waals surface area contributed by atoms with Crippen LogP contribution in [0.1, 0.15) is 36.9 Å². The van der Waals surface area contributed by atoms with Gasteiger partial charge in [-0.1, -0.05) is 55.3 Å². The summed E-state index contributed by atoms with van der Waals surface area (Å²) in [6.45, 7) is 2.01. The Hall–Kier alpha value is -3.94. The second-order valence-electron chi connectivity index (χ2n) is 8.37. The van der Waals surface area contributed by atoms with Crippen LogP contribution in [-0.2, 0) is 11.4 Å². The lowest BCUT2D eigenvalue weighted by molar-refractivity contribution is -0.119. The number of H-pyrrole nitrogens is 1. The number of benzene rings is 2. The number of fused-ring (bicyclic) bond motifs is 1. The minimum absolute atomic E-state index is 0.0365. The molecule has 1 aliphatic carbocycles. The van der Waals surface area contributed by atoms with Gasteiger partial charge < -0.3 is 10.1 Å². The third kappa shape index (κ3) is 4.37. The molecule has 0 radical (unpaired) electrons. The average molecular weight is 444 g/mol. The summed E-state index contributed by atoms with van der Waals surface area (Å²) in [5.41, 5.74) is 2.64. The minimum Gasteiger partial charge on any atom is -0.485 e. The van der Waals surface area contributed by atoms with Crippen LogP contribution < -0.4 is 15.6 Å². The molecule has 8 heteroatoms. The van der Waals surface area contributed by atoms with Crippen LogP contribution in [0.3, 0.4) is 0 Å². The number of hydrogen-bond donors (Lipinski definition) is 2. The zero-order chi connectivity index (χ0) is 22.8. The van der Waals surface area contributed by atoms with Gasteiger partial charge >= 0.3 is 0 Å². The molecule has 0 aliphatic heterocycles. The molecule has 33 heavy (non-hydrogen) atoms. The number of ether oxygens (including phenoxy) is 1. The summed E-state index contributed by atoms with van der Waals surface area (Å²) in [4.78, 5) is 34.2. The van der Waals surface area contributed by atoms with Crippen LogP contribution in [0.2, 0.25) is 0 Å². The lowest BCUT2D eigenvalue weighted by atomic mass is 10.1. The highest BCUT2D eigenvalue weighted by molar-refractivity contribution is 5.95. The molecule has 1 saturated carbocycles. The van der Waals surface area contributed by atoms with Gasteiger partial charge in [-0.25, -0.2) is 4.98 Å². The van der Waals surface area contributed by atoms with Gasteiger partial charge in [0.1, 0.15) is 12.4 Å². The van der Waals surface area contributed by atoms with Crippen LogP contribution in [0.25, 0.3) is 17.2 Å². The zero-order valence-corrected chi connectivity index (χ0v) is 18.4. The molecule has 2 heterocycles. The summed E-state index contributed by atoms with van der Waals surface area (Å²) >= 11 is 0. The largest absolute Gasteiger partial charge is 0.485 e. The zero-order valence-electron chi connectivity index (χ0n) is 18.4. The fourth-order valence-electron chi connectivity index (χ4n) is 4.21. The third-order valence-corrected chi connectivity index (χ3v) is 6.02.